The molecule has 1 saturated carbocycles. The predicted octanol–water partition coefficient (Wildman–Crippen LogP) is 5.84. The predicted molar refractivity (Wildman–Crippen MR) is 133 cm³/mol. The minimum Gasteiger partial charge on any atom is -0.373 e. The molecule has 0 unspecified atom stereocenters. The van der Waals surface area contributed by atoms with Crippen LogP contribution in [-0.4, -0.2) is 34.6 Å². The van der Waals surface area contributed by atoms with Gasteiger partial charge in [0.05, 0.1) is 11.2 Å². The summed E-state index contributed by atoms with van der Waals surface area (Å²) in [5.74, 6) is 0.242. The number of nitrogens with zero attached hydrogens (tertiary/aromatic N) is 3. The van der Waals surface area contributed by atoms with Gasteiger partial charge >= 0.3 is 6.03 Å². The van der Waals surface area contributed by atoms with Crippen LogP contribution < -0.4 is 16.0 Å². The number of hydrogen-bond donors (Lipinski definition) is 3. The summed E-state index contributed by atoms with van der Waals surface area (Å²) in [6.45, 7) is 13.0. The second-order valence-corrected chi connectivity index (χ2v) is 9.26. The van der Waals surface area contributed by atoms with E-state index in [-0.39, 0.29) is 17.3 Å². The summed E-state index contributed by atoms with van der Waals surface area (Å²) < 4.78 is 14.8. The lowest BCUT2D eigenvalue weighted by atomic mass is 9.81. The molecule has 7 nitrogen and oxygen atoms in total. The van der Waals surface area contributed by atoms with Gasteiger partial charge in [0.1, 0.15) is 11.6 Å². The van der Waals surface area contributed by atoms with E-state index in [2.05, 4.69) is 25.8 Å². The number of benzene rings is 1. The van der Waals surface area contributed by atoms with Crippen molar-refractivity contribution < 1.29 is 9.18 Å². The quantitative estimate of drug-likeness (QED) is 0.427. The van der Waals surface area contributed by atoms with Gasteiger partial charge in [0, 0.05) is 61.8 Å². The van der Waals surface area contributed by atoms with Crippen molar-refractivity contribution in [1.29, 1.82) is 0 Å². The molecule has 2 heterocycles. The van der Waals surface area contributed by atoms with Crippen LogP contribution in [0.5, 0.6) is 0 Å². The monoisotopic (exact) mass is 460 g/mol. The van der Waals surface area contributed by atoms with Crippen molar-refractivity contribution in [2.24, 2.45) is 0 Å². The number of hydrogen-bond acceptors (Lipinski definition) is 4. The Kier molecular flexibility index (Phi) is 6.38. The Bertz CT molecular complexity index is 1290. The standard InChI is InChI=1S/C26H29FN6O/c1-15-10-21(27)23(33-25(34)32-18-6-8-26(3,29-5)9-7-18)12-19(15)20-11-17-14-30-24(28-4)13-22(17)31-16(20)2/h10-14,18H,6-9H2,1-4H3,(H,28,30)(H2,32,33,34). The SMILES string of the molecule is [C-]#[N+]C1(C)CCC(NC(=O)Nc2cc(-c3cc4cnc(NC)cc4nc3C)c(C)cc2F)CC1. The third-order valence-corrected chi connectivity index (χ3v) is 6.67. The van der Waals surface area contributed by atoms with Crippen LogP contribution in [0.4, 0.5) is 20.7 Å². The first-order valence-corrected chi connectivity index (χ1v) is 11.4. The fraction of sp³-hybridized carbons (Fsp3) is 0.385. The second-order valence-electron chi connectivity index (χ2n) is 9.26. The van der Waals surface area contributed by atoms with Gasteiger partial charge in [0.25, 0.3) is 0 Å². The number of nitrogens with one attached hydrogen (secondary N) is 3. The van der Waals surface area contributed by atoms with Crippen molar-refractivity contribution >= 4 is 28.4 Å². The fourth-order valence-electron chi connectivity index (χ4n) is 4.47. The van der Waals surface area contributed by atoms with E-state index in [1.165, 1.54) is 6.07 Å². The molecule has 1 aromatic carbocycles. The van der Waals surface area contributed by atoms with E-state index in [1.807, 2.05) is 32.9 Å². The highest BCUT2D eigenvalue weighted by atomic mass is 19.1. The maximum atomic E-state index is 14.8. The van der Waals surface area contributed by atoms with E-state index in [1.54, 1.807) is 19.3 Å². The van der Waals surface area contributed by atoms with Gasteiger partial charge in [-0.15, -0.1) is 0 Å². The van der Waals surface area contributed by atoms with Crippen molar-refractivity contribution in [3.63, 3.8) is 0 Å². The molecule has 4 rings (SSSR count). The zero-order valence-corrected chi connectivity index (χ0v) is 19.9. The van der Waals surface area contributed by atoms with Crippen LogP contribution in [-0.2, 0) is 0 Å². The van der Waals surface area contributed by atoms with Gasteiger partial charge in [-0.3, -0.25) is 4.98 Å². The summed E-state index contributed by atoms with van der Waals surface area (Å²) in [7, 11) is 1.81. The first-order chi connectivity index (χ1) is 16.2. The normalized spacial score (nSPS) is 19.9. The molecule has 3 N–H and O–H groups in total. The zero-order valence-electron chi connectivity index (χ0n) is 19.9. The number of fused-ring (bicyclic) bond motifs is 1. The fourth-order valence-corrected chi connectivity index (χ4v) is 4.47. The molecule has 1 aliphatic rings. The molecule has 0 spiro atoms. The number of rotatable bonds is 4. The van der Waals surface area contributed by atoms with Crippen molar-refractivity contribution in [2.75, 3.05) is 17.7 Å². The third-order valence-electron chi connectivity index (χ3n) is 6.67. The molecule has 0 radical (unpaired) electrons. The first-order valence-electron chi connectivity index (χ1n) is 11.4. The van der Waals surface area contributed by atoms with Gasteiger partial charge in [-0.05, 0) is 56.0 Å². The van der Waals surface area contributed by atoms with E-state index in [0.717, 1.165) is 64.8 Å². The van der Waals surface area contributed by atoms with Crippen molar-refractivity contribution in [2.45, 2.75) is 58.0 Å². The Balaban J connectivity index is 1.56. The molecule has 3 aromatic rings. The van der Waals surface area contributed by atoms with Crippen LogP contribution in [0, 0.1) is 26.2 Å². The largest absolute Gasteiger partial charge is 0.373 e. The Morgan fingerprint density at radius 2 is 1.91 bits per heavy atom. The number of carbonyl (C=O) groups is 1. The first kappa shape index (κ1) is 23.4. The van der Waals surface area contributed by atoms with Crippen LogP contribution in [0.25, 0.3) is 26.9 Å². The average Bonchev–Trinajstić information content (AvgIpc) is 2.82. The minimum atomic E-state index is -0.493. The van der Waals surface area contributed by atoms with Crippen LogP contribution in [0.15, 0.2) is 30.5 Å². The van der Waals surface area contributed by atoms with Gasteiger partial charge in [-0.25, -0.2) is 20.7 Å². The number of pyridine rings is 2. The number of halogens is 1. The lowest BCUT2D eigenvalue weighted by Gasteiger charge is -2.29. The number of aromatic nitrogens is 2. The van der Waals surface area contributed by atoms with Crippen molar-refractivity contribution in [1.82, 2.24) is 15.3 Å². The van der Waals surface area contributed by atoms with Gasteiger partial charge in [0.15, 0.2) is 0 Å². The van der Waals surface area contributed by atoms with Crippen LogP contribution in [0.1, 0.15) is 43.9 Å². The molecular formula is C26H29FN6O. The number of anilines is 2. The zero-order chi connectivity index (χ0) is 24.5. The van der Waals surface area contributed by atoms with Crippen LogP contribution in [0.2, 0.25) is 0 Å². The van der Waals surface area contributed by atoms with E-state index in [0.29, 0.717) is 0 Å². The van der Waals surface area contributed by atoms with Crippen LogP contribution in [0.3, 0.4) is 0 Å². The maximum Gasteiger partial charge on any atom is 0.319 e. The maximum absolute atomic E-state index is 14.8. The Labute approximate surface area is 199 Å². The van der Waals surface area contributed by atoms with E-state index < -0.39 is 11.8 Å². The second kappa shape index (κ2) is 9.26. The molecule has 0 saturated heterocycles. The summed E-state index contributed by atoms with van der Waals surface area (Å²) in [5, 5.41) is 9.49. The molecule has 8 heteroatoms. The van der Waals surface area contributed by atoms with Gasteiger partial charge in [-0.1, -0.05) is 0 Å². The average molecular weight is 461 g/mol. The van der Waals surface area contributed by atoms with Crippen LogP contribution >= 0.6 is 0 Å². The smallest absolute Gasteiger partial charge is 0.319 e. The van der Waals surface area contributed by atoms with E-state index in [9.17, 15) is 9.18 Å². The summed E-state index contributed by atoms with van der Waals surface area (Å²) >= 11 is 0. The molecule has 0 atom stereocenters. The lowest BCUT2D eigenvalue weighted by molar-refractivity contribution is 0.239. The molecule has 0 bridgehead atoms. The minimum absolute atomic E-state index is 0.0234. The molecule has 2 amide bonds. The molecule has 1 fully saturated rings. The Hall–Kier alpha value is -3.73. The lowest BCUT2D eigenvalue weighted by Crippen LogP contribution is -2.43. The highest BCUT2D eigenvalue weighted by Crippen LogP contribution is 2.33. The Morgan fingerprint density at radius 3 is 2.59 bits per heavy atom. The van der Waals surface area contributed by atoms with Gasteiger partial charge in [-0.2, -0.15) is 0 Å². The van der Waals surface area contributed by atoms with E-state index >= 15 is 0 Å². The molecule has 2 aromatic heterocycles. The highest BCUT2D eigenvalue weighted by Gasteiger charge is 2.36. The summed E-state index contributed by atoms with van der Waals surface area (Å²) in [4.78, 5) is 25.4. The Morgan fingerprint density at radius 1 is 1.18 bits per heavy atom. The summed E-state index contributed by atoms with van der Waals surface area (Å²) in [6.07, 6.45) is 4.71. The topological polar surface area (TPSA) is 83.3 Å². The molecule has 1 aliphatic carbocycles. The molecular weight excluding hydrogens is 431 g/mol. The van der Waals surface area contributed by atoms with E-state index in [4.69, 9.17) is 11.6 Å². The summed E-state index contributed by atoms with van der Waals surface area (Å²) in [5.41, 5.74) is 3.80. The summed E-state index contributed by atoms with van der Waals surface area (Å²) in [6, 6.07) is 6.50. The van der Waals surface area contributed by atoms with Crippen molar-refractivity contribution in [3.8, 4) is 11.1 Å². The highest BCUT2D eigenvalue weighted by molar-refractivity contribution is 5.92. The third kappa shape index (κ3) is 4.79. The molecule has 0 aliphatic heterocycles. The number of carbonyl (C=O) groups excluding carboxylic acids is 1. The van der Waals surface area contributed by atoms with Gasteiger partial charge < -0.3 is 20.8 Å². The van der Waals surface area contributed by atoms with Crippen molar-refractivity contribution in [3.05, 3.63) is 59.0 Å². The molecule has 176 valence electrons. The molecule has 34 heavy (non-hydrogen) atoms. The number of aryl methyl sites for hydroxylation is 2. The number of urea groups is 1. The van der Waals surface area contributed by atoms with Gasteiger partial charge in [0.2, 0.25) is 5.54 Å². The number of amides is 2.